The number of aliphatic hydroxyl groups excluding tert-OH is 2. The van der Waals surface area contributed by atoms with Crippen molar-refractivity contribution in [1.82, 2.24) is 5.32 Å². The first-order valence-electron chi connectivity index (χ1n) is 5.07. The van der Waals surface area contributed by atoms with Crippen LogP contribution in [0.25, 0.3) is 0 Å². The Labute approximate surface area is 81.2 Å². The van der Waals surface area contributed by atoms with E-state index in [4.69, 9.17) is 10.2 Å². The van der Waals surface area contributed by atoms with Crippen molar-refractivity contribution in [3.63, 3.8) is 0 Å². The van der Waals surface area contributed by atoms with Crippen LogP contribution in [0.5, 0.6) is 0 Å². The van der Waals surface area contributed by atoms with Gasteiger partial charge in [-0.1, -0.05) is 20.8 Å². The van der Waals surface area contributed by atoms with Crippen molar-refractivity contribution in [3.05, 3.63) is 0 Å². The molecule has 0 aliphatic carbocycles. The van der Waals surface area contributed by atoms with Gasteiger partial charge in [-0.05, 0) is 12.8 Å². The van der Waals surface area contributed by atoms with Gasteiger partial charge in [-0.25, -0.2) is 0 Å². The van der Waals surface area contributed by atoms with Gasteiger partial charge in [0.2, 0.25) is 0 Å². The van der Waals surface area contributed by atoms with Crippen LogP contribution < -0.4 is 5.32 Å². The topological polar surface area (TPSA) is 52.5 Å². The Hall–Kier alpha value is -0.120. The molecule has 0 aromatic heterocycles. The Morgan fingerprint density at radius 2 is 1.92 bits per heavy atom. The molecular formula is C10H23NO2. The molecule has 0 aliphatic rings. The molecule has 1 unspecified atom stereocenters. The fourth-order valence-electron chi connectivity index (χ4n) is 1.02. The van der Waals surface area contributed by atoms with E-state index in [-0.39, 0.29) is 24.7 Å². The number of aliphatic hydroxyl groups is 2. The highest BCUT2D eigenvalue weighted by atomic mass is 16.3. The summed E-state index contributed by atoms with van der Waals surface area (Å²) in [5, 5.41) is 21.3. The molecule has 3 nitrogen and oxygen atoms in total. The Morgan fingerprint density at radius 3 is 2.23 bits per heavy atom. The summed E-state index contributed by atoms with van der Waals surface area (Å²) in [6, 6.07) is 0.164. The van der Waals surface area contributed by atoms with Crippen LogP contribution in [-0.2, 0) is 0 Å². The van der Waals surface area contributed by atoms with Crippen LogP contribution in [0.2, 0.25) is 0 Å². The zero-order valence-electron chi connectivity index (χ0n) is 9.01. The lowest BCUT2D eigenvalue weighted by Gasteiger charge is -2.28. The Bertz CT molecular complexity index is 120. The lowest BCUT2D eigenvalue weighted by molar-refractivity contribution is 0.125. The van der Waals surface area contributed by atoms with Gasteiger partial charge in [-0.3, -0.25) is 0 Å². The molecule has 0 radical (unpaired) electrons. The van der Waals surface area contributed by atoms with Crippen molar-refractivity contribution in [2.24, 2.45) is 5.41 Å². The van der Waals surface area contributed by atoms with Crippen molar-refractivity contribution in [1.29, 1.82) is 0 Å². The number of nitrogens with one attached hydrogen (secondary N) is 1. The monoisotopic (exact) mass is 189 g/mol. The summed E-state index contributed by atoms with van der Waals surface area (Å²) in [6.07, 6.45) is 1.86. The van der Waals surface area contributed by atoms with E-state index in [1.165, 1.54) is 0 Å². The highest BCUT2D eigenvalue weighted by Gasteiger charge is 2.21. The first-order chi connectivity index (χ1) is 6.11. The molecule has 0 aromatic rings. The van der Waals surface area contributed by atoms with Gasteiger partial charge in [0.05, 0.1) is 6.61 Å². The summed E-state index contributed by atoms with van der Waals surface area (Å²) in [5.41, 5.74) is -0.0530. The zero-order valence-corrected chi connectivity index (χ0v) is 9.01. The average Bonchev–Trinajstić information content (AvgIpc) is 2.19. The lowest BCUT2D eigenvalue weighted by atomic mass is 9.88. The summed E-state index contributed by atoms with van der Waals surface area (Å²) in [6.45, 7) is 7.27. The summed E-state index contributed by atoms with van der Waals surface area (Å²) in [4.78, 5) is 0. The Morgan fingerprint density at radius 1 is 1.31 bits per heavy atom. The van der Waals surface area contributed by atoms with Crippen LogP contribution in [0.3, 0.4) is 0 Å². The first-order valence-corrected chi connectivity index (χ1v) is 5.07. The van der Waals surface area contributed by atoms with Crippen LogP contribution >= 0.6 is 0 Å². The second-order valence-electron chi connectivity index (χ2n) is 3.99. The SMILES string of the molecule is CC[C@H](CO)NCC(C)(CC)CO. The Kier molecular flexibility index (Phi) is 6.29. The molecular weight excluding hydrogens is 166 g/mol. The van der Waals surface area contributed by atoms with E-state index in [1.807, 2.05) is 13.8 Å². The van der Waals surface area contributed by atoms with Crippen LogP contribution in [-0.4, -0.2) is 36.0 Å². The molecule has 0 fully saturated rings. The fourth-order valence-corrected chi connectivity index (χ4v) is 1.02. The normalized spacial score (nSPS) is 18.2. The van der Waals surface area contributed by atoms with E-state index in [1.54, 1.807) is 0 Å². The molecule has 0 aliphatic heterocycles. The maximum Gasteiger partial charge on any atom is 0.0584 e. The number of rotatable bonds is 7. The highest BCUT2D eigenvalue weighted by molar-refractivity contribution is 4.76. The van der Waals surface area contributed by atoms with Gasteiger partial charge in [0, 0.05) is 24.6 Å². The minimum Gasteiger partial charge on any atom is -0.396 e. The van der Waals surface area contributed by atoms with Crippen LogP contribution in [0, 0.1) is 5.41 Å². The summed E-state index contributed by atoms with van der Waals surface area (Å²) >= 11 is 0. The lowest BCUT2D eigenvalue weighted by Crippen LogP contribution is -2.41. The second-order valence-corrected chi connectivity index (χ2v) is 3.99. The van der Waals surface area contributed by atoms with E-state index < -0.39 is 0 Å². The van der Waals surface area contributed by atoms with Gasteiger partial charge < -0.3 is 15.5 Å². The van der Waals surface area contributed by atoms with Gasteiger partial charge in [-0.15, -0.1) is 0 Å². The van der Waals surface area contributed by atoms with Crippen LogP contribution in [0.15, 0.2) is 0 Å². The molecule has 0 spiro atoms. The largest absolute Gasteiger partial charge is 0.396 e. The molecule has 0 saturated heterocycles. The molecule has 3 heteroatoms. The predicted octanol–water partition coefficient (Wildman–Crippen LogP) is 0.755. The third-order valence-electron chi connectivity index (χ3n) is 2.77. The summed E-state index contributed by atoms with van der Waals surface area (Å²) < 4.78 is 0. The van der Waals surface area contributed by atoms with Crippen LogP contribution in [0.1, 0.15) is 33.6 Å². The molecule has 0 aromatic carbocycles. The third-order valence-corrected chi connectivity index (χ3v) is 2.77. The predicted molar refractivity (Wildman–Crippen MR) is 54.7 cm³/mol. The highest BCUT2D eigenvalue weighted by Crippen LogP contribution is 2.18. The molecule has 0 heterocycles. The maximum atomic E-state index is 9.14. The maximum absolute atomic E-state index is 9.14. The summed E-state index contributed by atoms with van der Waals surface area (Å²) in [5.74, 6) is 0. The minimum atomic E-state index is -0.0530. The van der Waals surface area contributed by atoms with E-state index >= 15 is 0 Å². The molecule has 3 N–H and O–H groups in total. The molecule has 0 saturated carbocycles. The molecule has 0 amide bonds. The van der Waals surface area contributed by atoms with E-state index in [0.717, 1.165) is 19.4 Å². The molecule has 2 atom stereocenters. The van der Waals surface area contributed by atoms with Gasteiger partial charge in [-0.2, -0.15) is 0 Å². The van der Waals surface area contributed by atoms with E-state index in [0.29, 0.717) is 0 Å². The van der Waals surface area contributed by atoms with Gasteiger partial charge in [0.1, 0.15) is 0 Å². The standard InChI is InChI=1S/C10H23NO2/c1-4-9(6-12)11-7-10(3,5-2)8-13/h9,11-13H,4-8H2,1-3H3/t9-,10?/m1/s1. The van der Waals surface area contributed by atoms with Gasteiger partial charge in [0.25, 0.3) is 0 Å². The molecule has 80 valence electrons. The van der Waals surface area contributed by atoms with Crippen LogP contribution in [0.4, 0.5) is 0 Å². The average molecular weight is 189 g/mol. The van der Waals surface area contributed by atoms with Gasteiger partial charge >= 0.3 is 0 Å². The molecule has 13 heavy (non-hydrogen) atoms. The van der Waals surface area contributed by atoms with Gasteiger partial charge in [0.15, 0.2) is 0 Å². The first kappa shape index (κ1) is 12.9. The quantitative estimate of drug-likeness (QED) is 0.554. The second kappa shape index (κ2) is 6.35. The van der Waals surface area contributed by atoms with Crippen molar-refractivity contribution >= 4 is 0 Å². The van der Waals surface area contributed by atoms with Crippen molar-refractivity contribution in [2.45, 2.75) is 39.7 Å². The van der Waals surface area contributed by atoms with Crippen molar-refractivity contribution in [3.8, 4) is 0 Å². The number of hydrogen-bond acceptors (Lipinski definition) is 3. The zero-order chi connectivity index (χ0) is 10.3. The van der Waals surface area contributed by atoms with E-state index in [9.17, 15) is 0 Å². The molecule has 0 bridgehead atoms. The Balaban J connectivity index is 3.83. The smallest absolute Gasteiger partial charge is 0.0584 e. The minimum absolute atomic E-state index is 0.0530. The van der Waals surface area contributed by atoms with Crippen molar-refractivity contribution < 1.29 is 10.2 Å². The fraction of sp³-hybridized carbons (Fsp3) is 1.00. The number of hydrogen-bond donors (Lipinski definition) is 3. The van der Waals surface area contributed by atoms with Crippen molar-refractivity contribution in [2.75, 3.05) is 19.8 Å². The summed E-state index contributed by atoms with van der Waals surface area (Å²) in [7, 11) is 0. The van der Waals surface area contributed by atoms with E-state index in [2.05, 4.69) is 12.2 Å². The third kappa shape index (κ3) is 4.60. The molecule has 0 rings (SSSR count).